The molecule has 1 saturated carbocycles. The number of rotatable bonds is 3. The standard InChI is InChI=1S/C14H19NO3/c1-14(4-7-17-8-5-14)13(16)15-11-9-10(11)12-3-2-6-18-12/h2-3,6,10-11H,4-5,7-9H2,1H3,(H,15,16)/t10-,11-/m1/s1. The van der Waals surface area contributed by atoms with Crippen LogP contribution in [-0.4, -0.2) is 25.2 Å². The summed E-state index contributed by atoms with van der Waals surface area (Å²) in [5, 5.41) is 3.15. The Bertz CT molecular complexity index is 420. The van der Waals surface area contributed by atoms with Gasteiger partial charge in [-0.1, -0.05) is 6.92 Å². The Morgan fingerprint density at radius 3 is 2.89 bits per heavy atom. The zero-order valence-electron chi connectivity index (χ0n) is 10.6. The summed E-state index contributed by atoms with van der Waals surface area (Å²) in [6.45, 7) is 3.42. The van der Waals surface area contributed by atoms with Gasteiger partial charge in [0.15, 0.2) is 0 Å². The second-order valence-corrected chi connectivity index (χ2v) is 5.61. The molecular formula is C14H19NO3. The van der Waals surface area contributed by atoms with Crippen LogP contribution in [0.3, 0.4) is 0 Å². The van der Waals surface area contributed by atoms with E-state index in [0.717, 1.165) is 25.0 Å². The average Bonchev–Trinajstić information content (AvgIpc) is 2.92. The van der Waals surface area contributed by atoms with E-state index in [2.05, 4.69) is 5.32 Å². The number of ether oxygens (including phenoxy) is 1. The number of nitrogens with one attached hydrogen (secondary N) is 1. The maximum absolute atomic E-state index is 12.3. The molecule has 0 unspecified atom stereocenters. The molecule has 2 fully saturated rings. The molecule has 2 aliphatic rings. The second-order valence-electron chi connectivity index (χ2n) is 5.61. The minimum atomic E-state index is -0.255. The summed E-state index contributed by atoms with van der Waals surface area (Å²) in [7, 11) is 0. The number of amides is 1. The SMILES string of the molecule is CC1(C(=O)N[C@@H]2C[C@H]2c2ccco2)CCOCC1. The smallest absolute Gasteiger partial charge is 0.226 e. The van der Waals surface area contributed by atoms with Crippen LogP contribution in [0, 0.1) is 5.41 Å². The van der Waals surface area contributed by atoms with E-state index in [9.17, 15) is 4.79 Å². The first-order chi connectivity index (χ1) is 8.69. The Morgan fingerprint density at radius 1 is 1.44 bits per heavy atom. The van der Waals surface area contributed by atoms with Gasteiger partial charge in [-0.15, -0.1) is 0 Å². The predicted octanol–water partition coefficient (Wildman–Crippen LogP) is 2.07. The summed E-state index contributed by atoms with van der Waals surface area (Å²) >= 11 is 0. The van der Waals surface area contributed by atoms with Crippen LogP contribution in [-0.2, 0) is 9.53 Å². The minimum absolute atomic E-state index is 0.171. The molecule has 4 nitrogen and oxygen atoms in total. The monoisotopic (exact) mass is 249 g/mol. The molecule has 3 rings (SSSR count). The van der Waals surface area contributed by atoms with E-state index < -0.39 is 0 Å². The fourth-order valence-electron chi connectivity index (χ4n) is 2.56. The first-order valence-electron chi connectivity index (χ1n) is 6.61. The second kappa shape index (κ2) is 4.43. The van der Waals surface area contributed by atoms with Gasteiger partial charge in [-0.2, -0.15) is 0 Å². The first-order valence-corrected chi connectivity index (χ1v) is 6.61. The number of furan rings is 1. The van der Waals surface area contributed by atoms with Gasteiger partial charge < -0.3 is 14.5 Å². The largest absolute Gasteiger partial charge is 0.469 e. The molecule has 0 bridgehead atoms. The van der Waals surface area contributed by atoms with E-state index in [1.54, 1.807) is 6.26 Å². The summed E-state index contributed by atoms with van der Waals surface area (Å²) in [5.74, 6) is 1.52. The topological polar surface area (TPSA) is 51.5 Å². The van der Waals surface area contributed by atoms with Crippen molar-refractivity contribution in [1.82, 2.24) is 5.32 Å². The number of carbonyl (C=O) groups is 1. The highest BCUT2D eigenvalue weighted by molar-refractivity contribution is 5.83. The number of carbonyl (C=O) groups excluding carboxylic acids is 1. The van der Waals surface area contributed by atoms with Crippen molar-refractivity contribution < 1.29 is 13.9 Å². The Balaban J connectivity index is 1.56. The summed E-state index contributed by atoms with van der Waals surface area (Å²) in [5.41, 5.74) is -0.255. The lowest BCUT2D eigenvalue weighted by Crippen LogP contribution is -2.43. The Hall–Kier alpha value is -1.29. The average molecular weight is 249 g/mol. The van der Waals surface area contributed by atoms with Crippen LogP contribution in [0.1, 0.15) is 37.9 Å². The highest BCUT2D eigenvalue weighted by Gasteiger charge is 2.45. The van der Waals surface area contributed by atoms with Gasteiger partial charge in [0.1, 0.15) is 5.76 Å². The van der Waals surface area contributed by atoms with E-state index in [1.165, 1.54) is 0 Å². The maximum Gasteiger partial charge on any atom is 0.226 e. The Labute approximate surface area is 107 Å². The third kappa shape index (κ3) is 2.17. The van der Waals surface area contributed by atoms with Crippen LogP contribution < -0.4 is 5.32 Å². The molecule has 18 heavy (non-hydrogen) atoms. The quantitative estimate of drug-likeness (QED) is 0.892. The van der Waals surface area contributed by atoms with Gasteiger partial charge in [0.05, 0.1) is 11.7 Å². The van der Waals surface area contributed by atoms with Gasteiger partial charge in [-0.3, -0.25) is 4.79 Å². The van der Waals surface area contributed by atoms with Crippen molar-refractivity contribution in [3.63, 3.8) is 0 Å². The molecule has 1 saturated heterocycles. The zero-order chi connectivity index (χ0) is 12.6. The molecule has 2 atom stereocenters. The van der Waals surface area contributed by atoms with Gasteiger partial charge in [0, 0.05) is 25.2 Å². The van der Waals surface area contributed by atoms with Crippen LogP contribution in [0.25, 0.3) is 0 Å². The number of hydrogen-bond acceptors (Lipinski definition) is 3. The number of hydrogen-bond donors (Lipinski definition) is 1. The van der Waals surface area contributed by atoms with E-state index in [-0.39, 0.29) is 17.4 Å². The summed E-state index contributed by atoms with van der Waals surface area (Å²) in [4.78, 5) is 12.3. The third-order valence-electron chi connectivity index (χ3n) is 4.16. The van der Waals surface area contributed by atoms with Crippen molar-refractivity contribution in [3.05, 3.63) is 24.2 Å². The predicted molar refractivity (Wildman–Crippen MR) is 66.2 cm³/mol. The van der Waals surface area contributed by atoms with E-state index >= 15 is 0 Å². The molecule has 1 aliphatic carbocycles. The molecule has 1 N–H and O–H groups in total. The molecule has 1 amide bonds. The molecule has 0 spiro atoms. The summed E-state index contributed by atoms with van der Waals surface area (Å²) in [6.07, 6.45) is 4.31. The Morgan fingerprint density at radius 2 is 2.22 bits per heavy atom. The van der Waals surface area contributed by atoms with Crippen molar-refractivity contribution in [3.8, 4) is 0 Å². The van der Waals surface area contributed by atoms with Crippen LogP contribution in [0.15, 0.2) is 22.8 Å². The van der Waals surface area contributed by atoms with Crippen LogP contribution in [0.5, 0.6) is 0 Å². The van der Waals surface area contributed by atoms with Crippen LogP contribution in [0.2, 0.25) is 0 Å². The van der Waals surface area contributed by atoms with Crippen molar-refractivity contribution in [2.24, 2.45) is 5.41 Å². The first kappa shape index (κ1) is 11.8. The highest BCUT2D eigenvalue weighted by Crippen LogP contribution is 2.42. The molecule has 98 valence electrons. The third-order valence-corrected chi connectivity index (χ3v) is 4.16. The van der Waals surface area contributed by atoms with Gasteiger partial charge in [0.2, 0.25) is 5.91 Å². The van der Waals surface area contributed by atoms with Gasteiger partial charge >= 0.3 is 0 Å². The van der Waals surface area contributed by atoms with E-state index in [0.29, 0.717) is 19.1 Å². The van der Waals surface area contributed by atoms with Crippen molar-refractivity contribution in [2.75, 3.05) is 13.2 Å². The summed E-state index contributed by atoms with van der Waals surface area (Å²) < 4.78 is 10.7. The van der Waals surface area contributed by atoms with Crippen molar-refractivity contribution in [2.45, 2.75) is 38.1 Å². The van der Waals surface area contributed by atoms with Crippen molar-refractivity contribution >= 4 is 5.91 Å². The molecule has 1 aliphatic heterocycles. The fraction of sp³-hybridized carbons (Fsp3) is 0.643. The lowest BCUT2D eigenvalue weighted by atomic mass is 9.81. The molecule has 0 radical (unpaired) electrons. The molecule has 4 heteroatoms. The normalized spacial score (nSPS) is 29.8. The minimum Gasteiger partial charge on any atom is -0.469 e. The molecular weight excluding hydrogens is 230 g/mol. The lowest BCUT2D eigenvalue weighted by Gasteiger charge is -2.32. The van der Waals surface area contributed by atoms with E-state index in [1.807, 2.05) is 19.1 Å². The van der Waals surface area contributed by atoms with Crippen LogP contribution >= 0.6 is 0 Å². The van der Waals surface area contributed by atoms with Gasteiger partial charge in [0.25, 0.3) is 0 Å². The van der Waals surface area contributed by atoms with E-state index in [4.69, 9.17) is 9.15 Å². The summed E-state index contributed by atoms with van der Waals surface area (Å²) in [6, 6.07) is 4.13. The Kier molecular flexibility index (Phi) is 2.90. The van der Waals surface area contributed by atoms with Gasteiger partial charge in [-0.05, 0) is 31.4 Å². The fourth-order valence-corrected chi connectivity index (χ4v) is 2.56. The molecule has 1 aromatic heterocycles. The zero-order valence-corrected chi connectivity index (χ0v) is 10.6. The molecule has 0 aromatic carbocycles. The van der Waals surface area contributed by atoms with Crippen molar-refractivity contribution in [1.29, 1.82) is 0 Å². The van der Waals surface area contributed by atoms with Gasteiger partial charge in [-0.25, -0.2) is 0 Å². The molecule has 1 aromatic rings. The lowest BCUT2D eigenvalue weighted by molar-refractivity contribution is -0.135. The van der Waals surface area contributed by atoms with Crippen LogP contribution in [0.4, 0.5) is 0 Å². The maximum atomic E-state index is 12.3. The molecule has 2 heterocycles. The highest BCUT2D eigenvalue weighted by atomic mass is 16.5.